The SMILES string of the molecule is COc1ccc2c(CO)cn(C)c2c1. The Morgan fingerprint density at radius 1 is 1.43 bits per heavy atom. The summed E-state index contributed by atoms with van der Waals surface area (Å²) in [5, 5.41) is 10.2. The maximum Gasteiger partial charge on any atom is 0.120 e. The predicted octanol–water partition coefficient (Wildman–Crippen LogP) is 1.68. The van der Waals surface area contributed by atoms with Crippen molar-refractivity contribution in [2.24, 2.45) is 7.05 Å². The summed E-state index contributed by atoms with van der Waals surface area (Å²) >= 11 is 0. The van der Waals surface area contributed by atoms with Crippen LogP contribution >= 0.6 is 0 Å². The second-order valence-corrected chi connectivity index (χ2v) is 3.31. The Bertz CT molecular complexity index is 460. The van der Waals surface area contributed by atoms with Crippen LogP contribution in [0.1, 0.15) is 5.56 Å². The van der Waals surface area contributed by atoms with Gasteiger partial charge in [-0.15, -0.1) is 0 Å². The largest absolute Gasteiger partial charge is 0.497 e. The minimum atomic E-state index is 0.0731. The Labute approximate surface area is 82.5 Å². The lowest BCUT2D eigenvalue weighted by molar-refractivity contribution is 0.283. The number of nitrogens with zero attached hydrogens (tertiary/aromatic N) is 1. The van der Waals surface area contributed by atoms with Gasteiger partial charge in [-0.2, -0.15) is 0 Å². The van der Waals surface area contributed by atoms with E-state index in [1.54, 1.807) is 7.11 Å². The lowest BCUT2D eigenvalue weighted by atomic mass is 10.2. The summed E-state index contributed by atoms with van der Waals surface area (Å²) in [4.78, 5) is 0. The van der Waals surface area contributed by atoms with Crippen LogP contribution in [0.3, 0.4) is 0 Å². The fourth-order valence-electron chi connectivity index (χ4n) is 1.70. The number of aromatic nitrogens is 1. The topological polar surface area (TPSA) is 34.4 Å². The van der Waals surface area contributed by atoms with E-state index in [0.29, 0.717) is 0 Å². The number of methoxy groups -OCH3 is 1. The second kappa shape index (κ2) is 3.35. The van der Waals surface area contributed by atoms with Gasteiger partial charge in [0.05, 0.1) is 19.2 Å². The molecule has 0 saturated carbocycles. The second-order valence-electron chi connectivity index (χ2n) is 3.31. The van der Waals surface area contributed by atoms with E-state index in [4.69, 9.17) is 9.84 Å². The summed E-state index contributed by atoms with van der Waals surface area (Å²) in [5.41, 5.74) is 2.03. The monoisotopic (exact) mass is 191 g/mol. The molecule has 0 aliphatic carbocycles. The third-order valence-corrected chi connectivity index (χ3v) is 2.45. The zero-order valence-corrected chi connectivity index (χ0v) is 8.32. The normalized spacial score (nSPS) is 10.8. The van der Waals surface area contributed by atoms with Crippen molar-refractivity contribution in [1.29, 1.82) is 0 Å². The van der Waals surface area contributed by atoms with Gasteiger partial charge >= 0.3 is 0 Å². The lowest BCUT2D eigenvalue weighted by Gasteiger charge is -2.01. The Kier molecular flexibility index (Phi) is 2.17. The van der Waals surface area contributed by atoms with Gasteiger partial charge in [0.1, 0.15) is 5.75 Å². The number of fused-ring (bicyclic) bond motifs is 1. The van der Waals surface area contributed by atoms with Crippen LogP contribution in [-0.2, 0) is 13.7 Å². The summed E-state index contributed by atoms with van der Waals surface area (Å²) in [5.74, 6) is 0.836. The van der Waals surface area contributed by atoms with Crippen molar-refractivity contribution >= 4 is 10.9 Å². The molecule has 0 radical (unpaired) electrons. The summed E-state index contributed by atoms with van der Waals surface area (Å²) in [7, 11) is 3.61. The maximum absolute atomic E-state index is 9.13. The number of hydrogen-bond acceptors (Lipinski definition) is 2. The summed E-state index contributed by atoms with van der Waals surface area (Å²) in [6.07, 6.45) is 1.93. The van der Waals surface area contributed by atoms with E-state index in [0.717, 1.165) is 22.2 Å². The number of ether oxygens (including phenoxy) is 1. The Balaban J connectivity index is 2.70. The Morgan fingerprint density at radius 2 is 2.21 bits per heavy atom. The van der Waals surface area contributed by atoms with E-state index in [1.165, 1.54) is 0 Å². The van der Waals surface area contributed by atoms with Gasteiger partial charge in [-0.1, -0.05) is 0 Å². The molecule has 3 nitrogen and oxygen atoms in total. The third kappa shape index (κ3) is 1.26. The molecule has 1 heterocycles. The van der Waals surface area contributed by atoms with E-state index in [1.807, 2.05) is 36.0 Å². The molecule has 0 unspecified atom stereocenters. The van der Waals surface area contributed by atoms with Crippen LogP contribution in [0.4, 0.5) is 0 Å². The van der Waals surface area contributed by atoms with Crippen LogP contribution < -0.4 is 4.74 Å². The van der Waals surface area contributed by atoms with E-state index in [9.17, 15) is 0 Å². The minimum absolute atomic E-state index is 0.0731. The number of hydrogen-bond donors (Lipinski definition) is 1. The molecule has 2 aromatic rings. The molecule has 1 aromatic carbocycles. The van der Waals surface area contributed by atoms with E-state index in [-0.39, 0.29) is 6.61 Å². The molecule has 0 bridgehead atoms. The molecule has 0 spiro atoms. The molecule has 1 N–H and O–H groups in total. The molecule has 0 saturated heterocycles. The van der Waals surface area contributed by atoms with Gasteiger partial charge < -0.3 is 14.4 Å². The third-order valence-electron chi connectivity index (χ3n) is 2.45. The fraction of sp³-hybridized carbons (Fsp3) is 0.273. The van der Waals surface area contributed by atoms with Gasteiger partial charge in [0.15, 0.2) is 0 Å². The molecule has 0 amide bonds. The van der Waals surface area contributed by atoms with Gasteiger partial charge in [0.25, 0.3) is 0 Å². The quantitative estimate of drug-likeness (QED) is 0.783. The van der Waals surface area contributed by atoms with Crippen LogP contribution in [0, 0.1) is 0 Å². The molecule has 3 heteroatoms. The van der Waals surface area contributed by atoms with Crippen LogP contribution in [0.15, 0.2) is 24.4 Å². The Hall–Kier alpha value is -1.48. The highest BCUT2D eigenvalue weighted by atomic mass is 16.5. The van der Waals surface area contributed by atoms with Crippen molar-refractivity contribution in [3.8, 4) is 5.75 Å². The number of aliphatic hydroxyl groups excluding tert-OH is 1. The summed E-state index contributed by atoms with van der Waals surface area (Å²) in [6, 6.07) is 5.84. The van der Waals surface area contributed by atoms with Gasteiger partial charge in [0.2, 0.25) is 0 Å². The zero-order valence-electron chi connectivity index (χ0n) is 8.32. The van der Waals surface area contributed by atoms with Crippen molar-refractivity contribution in [2.75, 3.05) is 7.11 Å². The standard InChI is InChI=1S/C11H13NO2/c1-12-6-8(7-13)10-4-3-9(14-2)5-11(10)12/h3-6,13H,7H2,1-2H3. The van der Waals surface area contributed by atoms with Crippen LogP contribution in [0.5, 0.6) is 5.75 Å². The molecule has 14 heavy (non-hydrogen) atoms. The first kappa shape index (κ1) is 9.09. The average Bonchev–Trinajstić information content (AvgIpc) is 2.55. The highest BCUT2D eigenvalue weighted by Crippen LogP contribution is 2.24. The fourth-order valence-corrected chi connectivity index (χ4v) is 1.70. The number of benzene rings is 1. The van der Waals surface area contributed by atoms with Gasteiger partial charge in [-0.05, 0) is 12.1 Å². The van der Waals surface area contributed by atoms with Crippen molar-refractivity contribution < 1.29 is 9.84 Å². The molecule has 0 aliphatic rings. The number of aryl methyl sites for hydroxylation is 1. The smallest absolute Gasteiger partial charge is 0.120 e. The van der Waals surface area contributed by atoms with Crippen molar-refractivity contribution in [2.45, 2.75) is 6.61 Å². The number of aliphatic hydroxyl groups is 1. The first-order valence-electron chi connectivity index (χ1n) is 4.49. The summed E-state index contributed by atoms with van der Waals surface area (Å²) < 4.78 is 7.13. The highest BCUT2D eigenvalue weighted by molar-refractivity contribution is 5.85. The highest BCUT2D eigenvalue weighted by Gasteiger charge is 2.05. The first-order valence-corrected chi connectivity index (χ1v) is 4.49. The maximum atomic E-state index is 9.13. The molecule has 0 fully saturated rings. The first-order chi connectivity index (χ1) is 6.76. The average molecular weight is 191 g/mol. The van der Waals surface area contributed by atoms with Gasteiger partial charge in [0, 0.05) is 30.3 Å². The van der Waals surface area contributed by atoms with Crippen LogP contribution in [0.2, 0.25) is 0 Å². The van der Waals surface area contributed by atoms with Gasteiger partial charge in [-0.3, -0.25) is 0 Å². The van der Waals surface area contributed by atoms with E-state index in [2.05, 4.69) is 0 Å². The van der Waals surface area contributed by atoms with Crippen molar-refractivity contribution in [3.05, 3.63) is 30.0 Å². The molecular weight excluding hydrogens is 178 g/mol. The molecule has 0 atom stereocenters. The van der Waals surface area contributed by atoms with Crippen molar-refractivity contribution in [1.82, 2.24) is 4.57 Å². The molecule has 2 rings (SSSR count). The molecule has 0 aliphatic heterocycles. The van der Waals surface area contributed by atoms with Crippen molar-refractivity contribution in [3.63, 3.8) is 0 Å². The molecule has 74 valence electrons. The zero-order chi connectivity index (χ0) is 10.1. The van der Waals surface area contributed by atoms with Crippen LogP contribution in [-0.4, -0.2) is 16.8 Å². The predicted molar refractivity (Wildman–Crippen MR) is 55.4 cm³/mol. The van der Waals surface area contributed by atoms with E-state index < -0.39 is 0 Å². The Morgan fingerprint density at radius 3 is 2.86 bits per heavy atom. The minimum Gasteiger partial charge on any atom is -0.497 e. The molecular formula is C11H13NO2. The summed E-state index contributed by atoms with van der Waals surface area (Å²) in [6.45, 7) is 0.0731. The van der Waals surface area contributed by atoms with Crippen LogP contribution in [0.25, 0.3) is 10.9 Å². The van der Waals surface area contributed by atoms with Gasteiger partial charge in [-0.25, -0.2) is 0 Å². The van der Waals surface area contributed by atoms with E-state index >= 15 is 0 Å². The lowest BCUT2D eigenvalue weighted by Crippen LogP contribution is -1.86. The molecule has 1 aromatic heterocycles. The number of rotatable bonds is 2.